The van der Waals surface area contributed by atoms with Crippen molar-refractivity contribution in [2.24, 2.45) is 0 Å². The maximum Gasteiger partial charge on any atom is 0.276 e. The zero-order valence-corrected chi connectivity index (χ0v) is 11.2. The molecule has 0 fully saturated rings. The maximum atomic E-state index is 12.3. The van der Waals surface area contributed by atoms with Crippen LogP contribution in [0.2, 0.25) is 0 Å². The van der Waals surface area contributed by atoms with E-state index in [0.29, 0.717) is 12.1 Å². The lowest BCUT2D eigenvalue weighted by Gasteiger charge is -2.01. The summed E-state index contributed by atoms with van der Waals surface area (Å²) in [5.74, 6) is 0.812. The molecule has 3 aromatic rings. The monoisotopic (exact) mass is 257 g/mol. The minimum Gasteiger partial charge on any atom is -0.469 e. The molecule has 0 radical (unpaired) electrons. The van der Waals surface area contributed by atoms with Crippen molar-refractivity contribution >= 4 is 5.65 Å². The average molecular weight is 257 g/mol. The van der Waals surface area contributed by atoms with Crippen molar-refractivity contribution in [2.75, 3.05) is 0 Å². The summed E-state index contributed by atoms with van der Waals surface area (Å²) in [5.41, 5.74) is 3.92. The third-order valence-corrected chi connectivity index (χ3v) is 3.42. The number of nitrogens with zero attached hydrogens (tertiary/aromatic N) is 2. The minimum atomic E-state index is -0.0302. The Morgan fingerprint density at radius 2 is 2.21 bits per heavy atom. The van der Waals surface area contributed by atoms with Crippen molar-refractivity contribution in [1.82, 2.24) is 14.6 Å². The van der Waals surface area contributed by atoms with Crippen LogP contribution in [0.3, 0.4) is 0 Å². The third kappa shape index (κ3) is 1.69. The lowest BCUT2D eigenvalue weighted by atomic mass is 10.2. The Bertz CT molecular complexity index is 808. The lowest BCUT2D eigenvalue weighted by Crippen LogP contribution is -2.21. The smallest absolute Gasteiger partial charge is 0.276 e. The molecule has 98 valence electrons. The molecular weight excluding hydrogens is 242 g/mol. The molecule has 0 bridgehead atoms. The van der Waals surface area contributed by atoms with Gasteiger partial charge in [-0.2, -0.15) is 0 Å². The Balaban J connectivity index is 2.30. The molecule has 0 aliphatic carbocycles. The summed E-state index contributed by atoms with van der Waals surface area (Å²) in [7, 11) is 0. The zero-order valence-electron chi connectivity index (χ0n) is 11.2. The number of nitrogens with one attached hydrogen (secondary N) is 1. The number of aromatic amines is 1. The van der Waals surface area contributed by atoms with Gasteiger partial charge in [-0.1, -0.05) is 6.92 Å². The largest absolute Gasteiger partial charge is 0.469 e. The Morgan fingerprint density at radius 3 is 2.84 bits per heavy atom. The number of H-pyrrole nitrogens is 1. The normalized spacial score (nSPS) is 11.3. The number of fused-ring (bicyclic) bond motifs is 1. The highest BCUT2D eigenvalue weighted by Crippen LogP contribution is 2.23. The number of aryl methyl sites for hydroxylation is 2. The van der Waals surface area contributed by atoms with Crippen LogP contribution in [0.4, 0.5) is 0 Å². The van der Waals surface area contributed by atoms with E-state index >= 15 is 0 Å². The van der Waals surface area contributed by atoms with Gasteiger partial charge in [0.15, 0.2) is 5.65 Å². The molecule has 5 heteroatoms. The zero-order chi connectivity index (χ0) is 13.6. The molecular formula is C14H15N3O2. The van der Waals surface area contributed by atoms with Crippen molar-refractivity contribution in [1.29, 1.82) is 0 Å². The van der Waals surface area contributed by atoms with E-state index in [2.05, 4.69) is 10.1 Å². The second-order valence-corrected chi connectivity index (χ2v) is 4.59. The van der Waals surface area contributed by atoms with Crippen molar-refractivity contribution in [3.05, 3.63) is 45.8 Å². The Kier molecular flexibility index (Phi) is 2.55. The molecule has 0 spiro atoms. The molecule has 19 heavy (non-hydrogen) atoms. The first-order valence-corrected chi connectivity index (χ1v) is 6.27. The molecule has 0 aromatic carbocycles. The topological polar surface area (TPSA) is 63.3 Å². The fraction of sp³-hybridized carbons (Fsp3) is 0.286. The van der Waals surface area contributed by atoms with Crippen molar-refractivity contribution in [3.8, 4) is 11.3 Å². The van der Waals surface area contributed by atoms with Gasteiger partial charge in [0.25, 0.3) is 5.56 Å². The van der Waals surface area contributed by atoms with Crippen molar-refractivity contribution in [2.45, 2.75) is 27.2 Å². The highest BCUT2D eigenvalue weighted by Gasteiger charge is 2.13. The van der Waals surface area contributed by atoms with Gasteiger partial charge in [-0.3, -0.25) is 9.89 Å². The molecule has 5 nitrogen and oxygen atoms in total. The molecule has 0 aliphatic heterocycles. The summed E-state index contributed by atoms with van der Waals surface area (Å²) in [6, 6.07) is 3.74. The van der Waals surface area contributed by atoms with Crippen LogP contribution in [0, 0.1) is 13.8 Å². The predicted octanol–water partition coefficient (Wildman–Crippen LogP) is 2.46. The van der Waals surface area contributed by atoms with E-state index in [-0.39, 0.29) is 5.56 Å². The number of furan rings is 1. The first-order chi connectivity index (χ1) is 9.11. The van der Waals surface area contributed by atoms with Gasteiger partial charge >= 0.3 is 0 Å². The van der Waals surface area contributed by atoms with Crippen LogP contribution in [0.1, 0.15) is 23.9 Å². The molecule has 0 atom stereocenters. The van der Waals surface area contributed by atoms with E-state index in [1.54, 1.807) is 6.26 Å². The van der Waals surface area contributed by atoms with Crippen LogP contribution < -0.4 is 5.56 Å². The van der Waals surface area contributed by atoms with E-state index in [4.69, 9.17) is 4.42 Å². The van der Waals surface area contributed by atoms with Crippen LogP contribution in [-0.4, -0.2) is 14.6 Å². The third-order valence-electron chi connectivity index (χ3n) is 3.42. The van der Waals surface area contributed by atoms with Gasteiger partial charge in [-0.25, -0.2) is 9.50 Å². The average Bonchev–Trinajstić information content (AvgIpc) is 2.95. The van der Waals surface area contributed by atoms with Gasteiger partial charge in [0.05, 0.1) is 12.0 Å². The Hall–Kier alpha value is -2.30. The first-order valence-electron chi connectivity index (χ1n) is 6.27. The molecule has 3 aromatic heterocycles. The Morgan fingerprint density at radius 1 is 1.42 bits per heavy atom. The maximum absolute atomic E-state index is 12.3. The minimum absolute atomic E-state index is 0.0302. The van der Waals surface area contributed by atoms with E-state index in [1.807, 2.05) is 32.9 Å². The first kappa shape index (κ1) is 11.8. The summed E-state index contributed by atoms with van der Waals surface area (Å²) in [4.78, 5) is 16.8. The summed E-state index contributed by atoms with van der Waals surface area (Å²) < 4.78 is 6.78. The van der Waals surface area contributed by atoms with Gasteiger partial charge in [-0.05, 0) is 26.3 Å². The molecule has 3 rings (SSSR count). The summed E-state index contributed by atoms with van der Waals surface area (Å²) in [6.45, 7) is 5.72. The summed E-state index contributed by atoms with van der Waals surface area (Å²) >= 11 is 0. The summed E-state index contributed by atoms with van der Waals surface area (Å²) in [5, 5.41) is 3.09. The fourth-order valence-corrected chi connectivity index (χ4v) is 2.38. The van der Waals surface area contributed by atoms with Crippen LogP contribution in [0.25, 0.3) is 16.9 Å². The number of rotatable bonds is 2. The SMILES string of the molecule is CCc1c(C)nc2cc(-c3ccoc3C)[nH]n2c1=O. The van der Waals surface area contributed by atoms with Gasteiger partial charge in [-0.15, -0.1) is 0 Å². The molecule has 0 saturated carbocycles. The van der Waals surface area contributed by atoms with Gasteiger partial charge in [0, 0.05) is 22.9 Å². The summed E-state index contributed by atoms with van der Waals surface area (Å²) in [6.07, 6.45) is 2.31. The number of hydrogen-bond acceptors (Lipinski definition) is 3. The number of aromatic nitrogens is 3. The second-order valence-electron chi connectivity index (χ2n) is 4.59. The quantitative estimate of drug-likeness (QED) is 0.767. The van der Waals surface area contributed by atoms with Crippen molar-refractivity contribution in [3.63, 3.8) is 0 Å². The van der Waals surface area contributed by atoms with E-state index < -0.39 is 0 Å². The molecule has 1 N–H and O–H groups in total. The van der Waals surface area contributed by atoms with Gasteiger partial charge < -0.3 is 4.42 Å². The predicted molar refractivity (Wildman–Crippen MR) is 72.4 cm³/mol. The highest BCUT2D eigenvalue weighted by atomic mass is 16.3. The van der Waals surface area contributed by atoms with Gasteiger partial charge in [0.2, 0.25) is 0 Å². The standard InChI is InChI=1S/C14H15N3O2/c1-4-10-8(2)15-13-7-12(16-17(13)14(10)18)11-5-6-19-9(11)3/h5-7,16H,4H2,1-3H3. The van der Waals surface area contributed by atoms with Crippen LogP contribution >= 0.6 is 0 Å². The molecule has 0 unspecified atom stereocenters. The lowest BCUT2D eigenvalue weighted by molar-refractivity contribution is 0.535. The molecule has 0 saturated heterocycles. The van der Waals surface area contributed by atoms with Crippen LogP contribution in [-0.2, 0) is 6.42 Å². The van der Waals surface area contributed by atoms with Crippen molar-refractivity contribution < 1.29 is 4.42 Å². The molecule has 0 aliphatic rings. The fourth-order valence-electron chi connectivity index (χ4n) is 2.38. The van der Waals surface area contributed by atoms with E-state index in [0.717, 1.165) is 28.3 Å². The molecule has 3 heterocycles. The Labute approximate surface area is 109 Å². The van der Waals surface area contributed by atoms with Crippen LogP contribution in [0.5, 0.6) is 0 Å². The van der Waals surface area contributed by atoms with Crippen LogP contribution in [0.15, 0.2) is 27.6 Å². The number of hydrogen-bond donors (Lipinski definition) is 1. The van der Waals surface area contributed by atoms with E-state index in [1.165, 1.54) is 4.52 Å². The molecule has 0 amide bonds. The van der Waals surface area contributed by atoms with E-state index in [9.17, 15) is 4.79 Å². The van der Waals surface area contributed by atoms with Gasteiger partial charge in [0.1, 0.15) is 5.76 Å². The highest BCUT2D eigenvalue weighted by molar-refractivity contribution is 5.65. The second kappa shape index (κ2) is 4.12.